The molecule has 2 aliphatic heterocycles. The first-order chi connectivity index (χ1) is 17.6. The van der Waals surface area contributed by atoms with E-state index in [0.717, 1.165) is 45.1 Å². The Balaban J connectivity index is 1.19. The maximum Gasteiger partial charge on any atom is 0.253 e. The van der Waals surface area contributed by atoms with Crippen LogP contribution in [0.25, 0.3) is 0 Å². The molecule has 2 N–H and O–H groups in total. The molecule has 2 saturated heterocycles. The number of aromatic nitrogens is 1. The van der Waals surface area contributed by atoms with Gasteiger partial charge in [-0.3, -0.25) is 9.69 Å². The summed E-state index contributed by atoms with van der Waals surface area (Å²) in [4.78, 5) is 22.6. The Morgan fingerprint density at radius 2 is 1.84 bits per heavy atom. The molecule has 8 nitrogen and oxygen atoms in total. The second-order valence-corrected chi connectivity index (χ2v) is 11.9. The van der Waals surface area contributed by atoms with E-state index in [-0.39, 0.29) is 28.9 Å². The van der Waals surface area contributed by atoms with Crippen LogP contribution in [0.4, 0.5) is 5.82 Å². The summed E-state index contributed by atoms with van der Waals surface area (Å²) in [6, 6.07) is 11.6. The highest BCUT2D eigenvalue weighted by molar-refractivity contribution is 6.31. The molecule has 0 atom stereocenters. The number of ether oxygens (including phenoxy) is 1. The first-order valence-electron chi connectivity index (χ1n) is 12.9. The van der Waals surface area contributed by atoms with Gasteiger partial charge in [0, 0.05) is 74.4 Å². The first kappa shape index (κ1) is 25.8. The predicted octanol–water partition coefficient (Wildman–Crippen LogP) is 3.31. The van der Waals surface area contributed by atoms with Gasteiger partial charge in [0.15, 0.2) is 0 Å². The van der Waals surface area contributed by atoms with E-state index in [0.29, 0.717) is 27.9 Å². The van der Waals surface area contributed by atoms with Crippen LogP contribution in [0.5, 0.6) is 5.75 Å². The van der Waals surface area contributed by atoms with Gasteiger partial charge in [-0.15, -0.1) is 0 Å². The van der Waals surface area contributed by atoms with Crippen molar-refractivity contribution >= 4 is 23.3 Å². The normalized spacial score (nSPS) is 24.9. The van der Waals surface area contributed by atoms with Crippen molar-refractivity contribution in [1.82, 2.24) is 20.5 Å². The third-order valence-electron chi connectivity index (χ3n) is 8.35. The SMILES string of the molecule is CC1(C)C(NC(=O)c2ccc(N3CCN(C4CNC4)CC3)nc2)C(C)(C)C1Oc1ccc(C#N)c(Cl)c1. The van der Waals surface area contributed by atoms with Crippen molar-refractivity contribution in [1.29, 1.82) is 5.26 Å². The predicted molar refractivity (Wildman–Crippen MR) is 144 cm³/mol. The van der Waals surface area contributed by atoms with Crippen LogP contribution < -0.4 is 20.3 Å². The summed E-state index contributed by atoms with van der Waals surface area (Å²) in [5.74, 6) is 1.40. The van der Waals surface area contributed by atoms with E-state index in [9.17, 15) is 4.79 Å². The van der Waals surface area contributed by atoms with E-state index in [1.165, 1.54) is 0 Å². The molecule has 0 radical (unpaired) electrons. The van der Waals surface area contributed by atoms with Gasteiger partial charge < -0.3 is 20.3 Å². The number of nitrogens with one attached hydrogen (secondary N) is 2. The van der Waals surface area contributed by atoms with Crippen molar-refractivity contribution in [3.63, 3.8) is 0 Å². The minimum Gasteiger partial charge on any atom is -0.489 e. The van der Waals surface area contributed by atoms with Gasteiger partial charge in [-0.2, -0.15) is 5.26 Å². The molecule has 3 aliphatic rings. The first-order valence-corrected chi connectivity index (χ1v) is 13.3. The zero-order valence-electron chi connectivity index (χ0n) is 21.9. The van der Waals surface area contributed by atoms with Crippen LogP contribution in [0.1, 0.15) is 43.6 Å². The zero-order chi connectivity index (χ0) is 26.4. The molecule has 196 valence electrons. The lowest BCUT2D eigenvalue weighted by molar-refractivity contribution is -0.164. The average Bonchev–Trinajstić information content (AvgIpc) is 2.85. The van der Waals surface area contributed by atoms with E-state index < -0.39 is 0 Å². The van der Waals surface area contributed by atoms with E-state index in [1.807, 2.05) is 12.1 Å². The number of carbonyl (C=O) groups excluding carboxylic acids is 1. The van der Waals surface area contributed by atoms with Gasteiger partial charge in [0.1, 0.15) is 23.7 Å². The Kier molecular flexibility index (Phi) is 6.82. The van der Waals surface area contributed by atoms with Gasteiger partial charge in [-0.25, -0.2) is 4.98 Å². The van der Waals surface area contributed by atoms with Gasteiger partial charge in [0.2, 0.25) is 0 Å². The molecule has 0 unspecified atom stereocenters. The van der Waals surface area contributed by atoms with Crippen molar-refractivity contribution in [3.8, 4) is 11.8 Å². The number of piperazine rings is 1. The fourth-order valence-corrected chi connectivity index (χ4v) is 6.58. The Hall–Kier alpha value is -2.86. The third-order valence-corrected chi connectivity index (χ3v) is 8.67. The summed E-state index contributed by atoms with van der Waals surface area (Å²) in [5.41, 5.74) is 0.336. The average molecular weight is 523 g/mol. The van der Waals surface area contributed by atoms with Crippen molar-refractivity contribution in [3.05, 3.63) is 52.7 Å². The quantitative estimate of drug-likeness (QED) is 0.601. The lowest BCUT2D eigenvalue weighted by Gasteiger charge is -2.63. The molecule has 5 rings (SSSR count). The Labute approximate surface area is 223 Å². The number of amides is 1. The summed E-state index contributed by atoms with van der Waals surface area (Å²) < 4.78 is 6.32. The Bertz CT molecular complexity index is 1180. The highest BCUT2D eigenvalue weighted by Gasteiger charge is 2.64. The number of halogens is 1. The molecular weight excluding hydrogens is 488 g/mol. The minimum absolute atomic E-state index is 0.0971. The Morgan fingerprint density at radius 1 is 1.14 bits per heavy atom. The Morgan fingerprint density at radius 3 is 2.38 bits per heavy atom. The van der Waals surface area contributed by atoms with Gasteiger partial charge >= 0.3 is 0 Å². The number of benzene rings is 1. The summed E-state index contributed by atoms with van der Waals surface area (Å²) in [6.07, 6.45) is 1.53. The second-order valence-electron chi connectivity index (χ2n) is 11.5. The van der Waals surface area contributed by atoms with Crippen molar-refractivity contribution in [2.45, 2.75) is 45.9 Å². The van der Waals surface area contributed by atoms with Crippen molar-refractivity contribution < 1.29 is 9.53 Å². The van der Waals surface area contributed by atoms with E-state index in [2.05, 4.69) is 59.2 Å². The van der Waals surface area contributed by atoms with Gasteiger partial charge in [-0.05, 0) is 24.3 Å². The maximum atomic E-state index is 13.2. The largest absolute Gasteiger partial charge is 0.489 e. The molecule has 3 heterocycles. The lowest BCUT2D eigenvalue weighted by Crippen LogP contribution is -2.74. The molecule has 1 aromatic carbocycles. The number of nitriles is 1. The molecule has 37 heavy (non-hydrogen) atoms. The molecule has 0 spiro atoms. The zero-order valence-corrected chi connectivity index (χ0v) is 22.7. The van der Waals surface area contributed by atoms with Gasteiger partial charge in [0.05, 0.1) is 16.1 Å². The summed E-state index contributed by atoms with van der Waals surface area (Å²) in [5, 5.41) is 16.1. The molecule has 9 heteroatoms. The second kappa shape index (κ2) is 9.79. The van der Waals surface area contributed by atoms with Crippen molar-refractivity contribution in [2.75, 3.05) is 44.2 Å². The number of anilines is 1. The lowest BCUT2D eigenvalue weighted by atomic mass is 9.49. The van der Waals surface area contributed by atoms with Crippen LogP contribution in [0.3, 0.4) is 0 Å². The summed E-state index contributed by atoms with van der Waals surface area (Å²) in [7, 11) is 0. The number of pyridine rings is 1. The fourth-order valence-electron chi connectivity index (χ4n) is 6.37. The van der Waals surface area contributed by atoms with Crippen molar-refractivity contribution in [2.24, 2.45) is 10.8 Å². The van der Waals surface area contributed by atoms with E-state index >= 15 is 0 Å². The summed E-state index contributed by atoms with van der Waals surface area (Å²) in [6.45, 7) is 14.6. The summed E-state index contributed by atoms with van der Waals surface area (Å²) >= 11 is 6.20. The van der Waals surface area contributed by atoms with Crippen LogP contribution in [-0.2, 0) is 0 Å². The monoisotopic (exact) mass is 522 g/mol. The van der Waals surface area contributed by atoms with Crippen LogP contribution in [0, 0.1) is 22.2 Å². The molecule has 1 aromatic heterocycles. The number of rotatable bonds is 6. The highest BCUT2D eigenvalue weighted by Crippen LogP contribution is 2.55. The third kappa shape index (κ3) is 4.76. The molecule has 2 aromatic rings. The maximum absolute atomic E-state index is 13.2. The smallest absolute Gasteiger partial charge is 0.253 e. The number of nitrogens with zero attached hydrogens (tertiary/aromatic N) is 4. The van der Waals surface area contributed by atoms with Crippen LogP contribution >= 0.6 is 11.6 Å². The van der Waals surface area contributed by atoms with E-state index in [1.54, 1.807) is 24.4 Å². The molecular formula is C28H35ClN6O2. The topological polar surface area (TPSA) is 93.5 Å². The molecule has 0 bridgehead atoms. The van der Waals surface area contributed by atoms with Gasteiger partial charge in [-0.1, -0.05) is 39.3 Å². The fraction of sp³-hybridized carbons (Fsp3) is 0.536. The number of hydrogen-bond acceptors (Lipinski definition) is 7. The molecule has 1 saturated carbocycles. The molecule has 1 amide bonds. The standard InChI is InChI=1S/C28H35ClN6O2/c1-27(2)25(28(3,4)26(27)37-21-7-5-18(14-30)22(29)13-21)33-24(36)19-6-8-23(32-15-19)35-11-9-34(10-12-35)20-16-31-17-20/h5-8,13,15,20,25-26,31H,9-12,16-17H2,1-4H3,(H,33,36). The number of carbonyl (C=O) groups is 1. The van der Waals surface area contributed by atoms with Gasteiger partial charge in [0.25, 0.3) is 5.91 Å². The minimum atomic E-state index is -0.317. The van der Waals surface area contributed by atoms with Crippen LogP contribution in [-0.4, -0.2) is 73.2 Å². The van der Waals surface area contributed by atoms with Crippen LogP contribution in [0.2, 0.25) is 5.02 Å². The number of hydrogen-bond donors (Lipinski definition) is 2. The molecule has 3 fully saturated rings. The van der Waals surface area contributed by atoms with E-state index in [4.69, 9.17) is 21.6 Å². The highest BCUT2D eigenvalue weighted by atomic mass is 35.5. The molecule has 1 aliphatic carbocycles. The van der Waals surface area contributed by atoms with Crippen LogP contribution in [0.15, 0.2) is 36.5 Å².